The lowest BCUT2D eigenvalue weighted by molar-refractivity contribution is 0.0356. The number of urea groups is 1. The average Bonchev–Trinajstić information content (AvgIpc) is 2.13. The first-order chi connectivity index (χ1) is 7.79. The molecule has 0 spiro atoms. The van der Waals surface area contributed by atoms with Crippen LogP contribution in [0.1, 0.15) is 53.4 Å². The fourth-order valence-electron chi connectivity index (χ4n) is 4.00. The van der Waals surface area contributed by atoms with E-state index < -0.39 is 0 Å². The van der Waals surface area contributed by atoms with Crippen molar-refractivity contribution < 1.29 is 4.79 Å². The molecule has 1 heterocycles. The monoisotopic (exact) mass is 238 g/mol. The Bertz CT molecular complexity index is 293. The Morgan fingerprint density at radius 2 is 1.76 bits per heavy atom. The number of nitrogens with one attached hydrogen (secondary N) is 1. The van der Waals surface area contributed by atoms with Gasteiger partial charge in [-0.25, -0.2) is 4.79 Å². The van der Waals surface area contributed by atoms with Gasteiger partial charge in [0, 0.05) is 19.1 Å². The van der Waals surface area contributed by atoms with Crippen molar-refractivity contribution in [1.29, 1.82) is 0 Å². The fraction of sp³-hybridized carbons (Fsp3) is 0.929. The Kier molecular flexibility index (Phi) is 3.13. The molecule has 1 aliphatic carbocycles. The molecule has 2 amide bonds. The molecule has 3 nitrogen and oxygen atoms in total. The molecule has 0 aromatic carbocycles. The number of hydrogen-bond donors (Lipinski definition) is 1. The van der Waals surface area contributed by atoms with E-state index in [4.69, 9.17) is 0 Å². The summed E-state index contributed by atoms with van der Waals surface area (Å²) in [6.07, 6.45) is 4.63. The van der Waals surface area contributed by atoms with Gasteiger partial charge in [-0.05, 0) is 36.5 Å². The fourth-order valence-corrected chi connectivity index (χ4v) is 4.00. The summed E-state index contributed by atoms with van der Waals surface area (Å²) in [4.78, 5) is 14.0. The van der Waals surface area contributed by atoms with Crippen LogP contribution in [-0.4, -0.2) is 30.1 Å². The van der Waals surface area contributed by atoms with E-state index >= 15 is 0 Å². The van der Waals surface area contributed by atoms with Crippen LogP contribution >= 0.6 is 0 Å². The summed E-state index contributed by atoms with van der Waals surface area (Å²) < 4.78 is 0. The Morgan fingerprint density at radius 3 is 2.29 bits per heavy atom. The van der Waals surface area contributed by atoms with Gasteiger partial charge in [0.2, 0.25) is 0 Å². The molecule has 1 saturated carbocycles. The van der Waals surface area contributed by atoms with Gasteiger partial charge in [0.05, 0.1) is 0 Å². The van der Waals surface area contributed by atoms with Gasteiger partial charge < -0.3 is 10.2 Å². The normalized spacial score (nSPS) is 28.9. The van der Waals surface area contributed by atoms with Crippen LogP contribution in [0, 0.1) is 10.8 Å². The average molecular weight is 238 g/mol. The highest BCUT2D eigenvalue weighted by Crippen LogP contribution is 2.47. The van der Waals surface area contributed by atoms with Crippen LogP contribution in [0.25, 0.3) is 0 Å². The van der Waals surface area contributed by atoms with Gasteiger partial charge in [0.25, 0.3) is 0 Å². The number of nitrogens with zero attached hydrogens (tertiary/aromatic N) is 1. The maximum Gasteiger partial charge on any atom is 0.317 e. The van der Waals surface area contributed by atoms with Crippen molar-refractivity contribution in [2.45, 2.75) is 59.4 Å². The zero-order valence-electron chi connectivity index (χ0n) is 11.7. The zero-order valence-corrected chi connectivity index (χ0v) is 11.7. The summed E-state index contributed by atoms with van der Waals surface area (Å²) in [5, 5.41) is 2.97. The molecule has 1 saturated heterocycles. The van der Waals surface area contributed by atoms with Crippen molar-refractivity contribution in [2.75, 3.05) is 13.1 Å². The lowest BCUT2D eigenvalue weighted by atomic mass is 9.63. The van der Waals surface area contributed by atoms with Crippen molar-refractivity contribution in [3.8, 4) is 0 Å². The van der Waals surface area contributed by atoms with Crippen LogP contribution < -0.4 is 5.32 Å². The van der Waals surface area contributed by atoms with E-state index in [9.17, 15) is 4.79 Å². The maximum absolute atomic E-state index is 11.9. The molecule has 0 unspecified atom stereocenters. The summed E-state index contributed by atoms with van der Waals surface area (Å²) in [6.45, 7) is 11.1. The van der Waals surface area contributed by atoms with Gasteiger partial charge in [-0.3, -0.25) is 0 Å². The molecule has 2 aliphatic rings. The summed E-state index contributed by atoms with van der Waals surface area (Å²) in [6, 6.07) is 0.573. The standard InChI is InChI=1S/C14H26N2O/c1-13(2)8-11(9-14(3,4)10-13)16-7-5-6-15-12(16)17/h11H,5-10H2,1-4H3,(H,15,17). The number of rotatable bonds is 1. The largest absolute Gasteiger partial charge is 0.338 e. The second-order valence-electron chi connectivity index (χ2n) is 7.35. The van der Waals surface area contributed by atoms with Crippen LogP contribution in [0.15, 0.2) is 0 Å². The van der Waals surface area contributed by atoms with Crippen LogP contribution in [0.2, 0.25) is 0 Å². The van der Waals surface area contributed by atoms with E-state index in [1.165, 1.54) is 6.42 Å². The van der Waals surface area contributed by atoms with E-state index in [0.29, 0.717) is 16.9 Å². The highest BCUT2D eigenvalue weighted by Gasteiger charge is 2.42. The van der Waals surface area contributed by atoms with Gasteiger partial charge in [-0.1, -0.05) is 27.7 Å². The Morgan fingerprint density at radius 1 is 1.18 bits per heavy atom. The van der Waals surface area contributed by atoms with E-state index in [2.05, 4.69) is 37.9 Å². The van der Waals surface area contributed by atoms with Crippen LogP contribution in [0.4, 0.5) is 4.79 Å². The van der Waals surface area contributed by atoms with Crippen LogP contribution in [0.3, 0.4) is 0 Å². The van der Waals surface area contributed by atoms with Crippen molar-refractivity contribution in [3.63, 3.8) is 0 Å². The molecule has 98 valence electrons. The molecular weight excluding hydrogens is 212 g/mol. The predicted octanol–water partition coefficient (Wildman–Crippen LogP) is 3.01. The second kappa shape index (κ2) is 4.18. The first-order valence-corrected chi connectivity index (χ1v) is 6.84. The molecule has 3 heteroatoms. The molecular formula is C14H26N2O. The lowest BCUT2D eigenvalue weighted by Gasteiger charge is -2.49. The third kappa shape index (κ3) is 2.93. The molecule has 0 aromatic rings. The Hall–Kier alpha value is -0.730. The molecule has 17 heavy (non-hydrogen) atoms. The van der Waals surface area contributed by atoms with Crippen LogP contribution in [-0.2, 0) is 0 Å². The van der Waals surface area contributed by atoms with Crippen molar-refractivity contribution >= 4 is 6.03 Å². The predicted molar refractivity (Wildman–Crippen MR) is 69.9 cm³/mol. The molecule has 2 fully saturated rings. The van der Waals surface area contributed by atoms with Crippen molar-refractivity contribution in [1.82, 2.24) is 10.2 Å². The highest BCUT2D eigenvalue weighted by molar-refractivity contribution is 5.75. The molecule has 2 rings (SSSR count). The van der Waals surface area contributed by atoms with Gasteiger partial charge in [-0.2, -0.15) is 0 Å². The molecule has 0 radical (unpaired) electrons. The van der Waals surface area contributed by atoms with Gasteiger partial charge in [0.15, 0.2) is 0 Å². The van der Waals surface area contributed by atoms with Crippen LogP contribution in [0.5, 0.6) is 0 Å². The zero-order chi connectivity index (χ0) is 12.7. The number of amides is 2. The number of carbonyl (C=O) groups excluding carboxylic acids is 1. The highest BCUT2D eigenvalue weighted by atomic mass is 16.2. The second-order valence-corrected chi connectivity index (χ2v) is 7.35. The van der Waals surface area contributed by atoms with E-state index in [0.717, 1.165) is 32.4 Å². The van der Waals surface area contributed by atoms with Gasteiger partial charge in [-0.15, -0.1) is 0 Å². The molecule has 0 atom stereocenters. The number of hydrogen-bond acceptors (Lipinski definition) is 1. The Labute approximate surface area is 105 Å². The quantitative estimate of drug-likeness (QED) is 0.748. The number of carbonyl (C=O) groups is 1. The summed E-state index contributed by atoms with van der Waals surface area (Å²) >= 11 is 0. The lowest BCUT2D eigenvalue weighted by Crippen LogP contribution is -2.55. The molecule has 1 N–H and O–H groups in total. The summed E-state index contributed by atoms with van der Waals surface area (Å²) in [5.74, 6) is 0. The third-order valence-electron chi connectivity index (χ3n) is 4.09. The first kappa shape index (κ1) is 12.7. The Balaban J connectivity index is 2.12. The summed E-state index contributed by atoms with van der Waals surface area (Å²) in [5.41, 5.74) is 0.703. The van der Waals surface area contributed by atoms with Gasteiger partial charge in [0.1, 0.15) is 0 Å². The minimum atomic E-state index is 0.148. The third-order valence-corrected chi connectivity index (χ3v) is 4.09. The van der Waals surface area contributed by atoms with Crippen molar-refractivity contribution in [3.05, 3.63) is 0 Å². The smallest absolute Gasteiger partial charge is 0.317 e. The summed E-state index contributed by atoms with van der Waals surface area (Å²) in [7, 11) is 0. The minimum absolute atomic E-state index is 0.148. The first-order valence-electron chi connectivity index (χ1n) is 6.84. The minimum Gasteiger partial charge on any atom is -0.338 e. The molecule has 1 aliphatic heterocycles. The molecule has 0 bridgehead atoms. The maximum atomic E-state index is 11.9. The van der Waals surface area contributed by atoms with E-state index in [-0.39, 0.29) is 6.03 Å². The topological polar surface area (TPSA) is 32.3 Å². The molecule has 0 aromatic heterocycles. The van der Waals surface area contributed by atoms with Gasteiger partial charge >= 0.3 is 6.03 Å². The van der Waals surface area contributed by atoms with Crippen molar-refractivity contribution in [2.24, 2.45) is 10.8 Å². The van der Waals surface area contributed by atoms with E-state index in [1.54, 1.807) is 0 Å². The SMILES string of the molecule is CC1(C)CC(N2CCCNC2=O)CC(C)(C)C1. The van der Waals surface area contributed by atoms with E-state index in [1.807, 2.05) is 0 Å².